The number of nitro benzene ring substituents is 1. The largest absolute Gasteiger partial charge is 0.493 e. The van der Waals surface area contributed by atoms with Crippen LogP contribution in [-0.4, -0.2) is 41.7 Å². The van der Waals surface area contributed by atoms with Crippen LogP contribution in [0.4, 0.5) is 5.69 Å². The van der Waals surface area contributed by atoms with Crippen LogP contribution in [0.3, 0.4) is 0 Å². The first-order chi connectivity index (χ1) is 13.5. The highest BCUT2D eigenvalue weighted by Crippen LogP contribution is 2.36. The molecule has 0 saturated carbocycles. The highest BCUT2D eigenvalue weighted by Gasteiger charge is 2.30. The van der Waals surface area contributed by atoms with Crippen molar-refractivity contribution in [2.45, 2.75) is 19.4 Å². The molecule has 3 rings (SSSR count). The first-order valence-corrected chi connectivity index (χ1v) is 8.83. The van der Waals surface area contributed by atoms with Crippen molar-refractivity contribution < 1.29 is 24.0 Å². The van der Waals surface area contributed by atoms with Crippen molar-refractivity contribution in [1.29, 1.82) is 0 Å². The van der Waals surface area contributed by atoms with E-state index in [0.29, 0.717) is 0 Å². The summed E-state index contributed by atoms with van der Waals surface area (Å²) >= 11 is 0. The van der Waals surface area contributed by atoms with Crippen LogP contribution in [0.2, 0.25) is 0 Å². The lowest BCUT2D eigenvalue weighted by molar-refractivity contribution is -0.385. The summed E-state index contributed by atoms with van der Waals surface area (Å²) in [4.78, 5) is 36.6. The van der Waals surface area contributed by atoms with E-state index in [1.54, 1.807) is 0 Å². The lowest BCUT2D eigenvalue weighted by atomic mass is 10.1. The van der Waals surface area contributed by atoms with Crippen LogP contribution in [0.15, 0.2) is 42.5 Å². The van der Waals surface area contributed by atoms with Crippen LogP contribution < -0.4 is 9.47 Å². The maximum atomic E-state index is 12.8. The van der Waals surface area contributed by atoms with Gasteiger partial charge in [0.2, 0.25) is 0 Å². The number of ketones is 1. The van der Waals surface area contributed by atoms with Gasteiger partial charge in [-0.05, 0) is 5.56 Å². The number of amides is 1. The highest BCUT2D eigenvalue weighted by molar-refractivity contribution is 5.99. The Kier molecular flexibility index (Phi) is 5.88. The van der Waals surface area contributed by atoms with Crippen molar-refractivity contribution in [1.82, 2.24) is 4.90 Å². The maximum absolute atomic E-state index is 12.8. The number of nitrogens with zero attached hydrogens (tertiary/aromatic N) is 2. The molecule has 2 aromatic rings. The number of Topliss-reactive ketones (excluding diaryl/α,β-unsaturated/α-hetero) is 1. The Hall–Kier alpha value is -3.42. The Labute approximate surface area is 161 Å². The average molecular weight is 384 g/mol. The first-order valence-electron chi connectivity index (χ1n) is 8.83. The van der Waals surface area contributed by atoms with E-state index < -0.39 is 10.8 Å². The van der Waals surface area contributed by atoms with Gasteiger partial charge in [-0.3, -0.25) is 19.7 Å². The van der Waals surface area contributed by atoms with Gasteiger partial charge < -0.3 is 14.4 Å². The summed E-state index contributed by atoms with van der Waals surface area (Å²) < 4.78 is 11.0. The monoisotopic (exact) mass is 384 g/mol. The average Bonchev–Trinajstić information content (AvgIpc) is 2.72. The number of nitro groups is 1. The van der Waals surface area contributed by atoms with Gasteiger partial charge in [-0.25, -0.2) is 0 Å². The fraction of sp³-hybridized carbons (Fsp3) is 0.300. The van der Waals surface area contributed by atoms with Gasteiger partial charge in [-0.1, -0.05) is 30.3 Å². The van der Waals surface area contributed by atoms with Crippen molar-refractivity contribution in [3.05, 3.63) is 63.7 Å². The molecule has 0 unspecified atom stereocenters. The number of carbonyl (C=O) groups excluding carboxylic acids is 2. The molecule has 0 aliphatic carbocycles. The van der Waals surface area contributed by atoms with E-state index in [9.17, 15) is 19.7 Å². The van der Waals surface area contributed by atoms with Gasteiger partial charge in [0, 0.05) is 32.0 Å². The standard InChI is InChI=1S/C20H20N2O6/c1-27-18-11-16(20(24)21-9-7-15(23)8-10-21)17(22(25)26)12-19(18)28-13-14-5-3-2-4-6-14/h2-6,11-12H,7-10,13H2,1H3. The lowest BCUT2D eigenvalue weighted by Gasteiger charge is -2.26. The quantitative estimate of drug-likeness (QED) is 0.561. The Morgan fingerprint density at radius 2 is 1.82 bits per heavy atom. The van der Waals surface area contributed by atoms with Crippen LogP contribution in [-0.2, 0) is 11.4 Å². The minimum absolute atomic E-state index is 0.0803. The second kappa shape index (κ2) is 8.51. The van der Waals surface area contributed by atoms with E-state index in [0.717, 1.165) is 5.56 Å². The Bertz CT molecular complexity index is 887. The SMILES string of the molecule is COc1cc(C(=O)N2CCC(=O)CC2)c([N+](=O)[O-])cc1OCc1ccccc1. The molecule has 146 valence electrons. The van der Waals surface area contributed by atoms with Gasteiger partial charge in [-0.2, -0.15) is 0 Å². The number of hydrogen-bond donors (Lipinski definition) is 0. The third-order valence-electron chi connectivity index (χ3n) is 4.55. The second-order valence-electron chi connectivity index (χ2n) is 6.38. The van der Waals surface area contributed by atoms with E-state index in [1.165, 1.54) is 24.1 Å². The number of hydrogen-bond acceptors (Lipinski definition) is 6. The molecule has 1 aliphatic heterocycles. The predicted octanol–water partition coefficient (Wildman–Crippen LogP) is 2.99. The molecule has 1 saturated heterocycles. The van der Waals surface area contributed by atoms with Crippen molar-refractivity contribution in [3.8, 4) is 11.5 Å². The van der Waals surface area contributed by atoms with Crippen LogP contribution in [0.1, 0.15) is 28.8 Å². The van der Waals surface area contributed by atoms with E-state index in [2.05, 4.69) is 0 Å². The highest BCUT2D eigenvalue weighted by atomic mass is 16.6. The molecule has 0 atom stereocenters. The van der Waals surface area contributed by atoms with Gasteiger partial charge in [0.15, 0.2) is 11.5 Å². The fourth-order valence-electron chi connectivity index (χ4n) is 3.01. The predicted molar refractivity (Wildman–Crippen MR) is 101 cm³/mol. The molecular weight excluding hydrogens is 364 g/mol. The van der Waals surface area contributed by atoms with E-state index >= 15 is 0 Å². The van der Waals surface area contributed by atoms with Crippen molar-refractivity contribution >= 4 is 17.4 Å². The smallest absolute Gasteiger partial charge is 0.286 e. The molecule has 8 heteroatoms. The number of piperidine rings is 1. The molecule has 1 heterocycles. The number of carbonyl (C=O) groups is 2. The maximum Gasteiger partial charge on any atom is 0.286 e. The molecule has 1 aliphatic rings. The van der Waals surface area contributed by atoms with Gasteiger partial charge in [-0.15, -0.1) is 0 Å². The topological polar surface area (TPSA) is 99.0 Å². The van der Waals surface area contributed by atoms with E-state index in [4.69, 9.17) is 9.47 Å². The Morgan fingerprint density at radius 1 is 1.14 bits per heavy atom. The normalized spacial score (nSPS) is 13.9. The number of rotatable bonds is 6. The molecule has 0 radical (unpaired) electrons. The summed E-state index contributed by atoms with van der Waals surface area (Å²) in [6.07, 6.45) is 0.518. The van der Waals surface area contributed by atoms with Crippen molar-refractivity contribution in [2.24, 2.45) is 0 Å². The van der Waals surface area contributed by atoms with Crippen LogP contribution in [0, 0.1) is 10.1 Å². The molecule has 0 spiro atoms. The third-order valence-corrected chi connectivity index (χ3v) is 4.55. The third kappa shape index (κ3) is 4.28. The van der Waals surface area contributed by atoms with Crippen molar-refractivity contribution in [3.63, 3.8) is 0 Å². The minimum Gasteiger partial charge on any atom is -0.493 e. The molecule has 2 aromatic carbocycles. The molecule has 0 N–H and O–H groups in total. The lowest BCUT2D eigenvalue weighted by Crippen LogP contribution is -2.38. The van der Waals surface area contributed by atoms with Gasteiger partial charge in [0.05, 0.1) is 18.1 Å². The molecule has 1 fully saturated rings. The number of ether oxygens (including phenoxy) is 2. The second-order valence-corrected chi connectivity index (χ2v) is 6.38. The summed E-state index contributed by atoms with van der Waals surface area (Å²) in [5.74, 6) is 0.00860. The molecule has 8 nitrogen and oxygen atoms in total. The van der Waals surface area contributed by atoms with Gasteiger partial charge in [0.1, 0.15) is 18.0 Å². The fourth-order valence-corrected chi connectivity index (χ4v) is 3.01. The molecular formula is C20H20N2O6. The zero-order chi connectivity index (χ0) is 20.1. The van der Waals surface area contributed by atoms with Crippen LogP contribution >= 0.6 is 0 Å². The van der Waals surface area contributed by atoms with Gasteiger partial charge >= 0.3 is 0 Å². The summed E-state index contributed by atoms with van der Waals surface area (Å²) in [7, 11) is 1.41. The molecule has 0 bridgehead atoms. The summed E-state index contributed by atoms with van der Waals surface area (Å²) in [5.41, 5.74) is 0.458. The van der Waals surface area contributed by atoms with E-state index in [-0.39, 0.29) is 61.1 Å². The number of likely N-dealkylation sites (tertiary alicyclic amines) is 1. The minimum atomic E-state index is -0.614. The zero-order valence-corrected chi connectivity index (χ0v) is 15.4. The van der Waals surface area contributed by atoms with E-state index in [1.807, 2.05) is 30.3 Å². The van der Waals surface area contributed by atoms with Crippen molar-refractivity contribution in [2.75, 3.05) is 20.2 Å². The molecule has 0 aromatic heterocycles. The summed E-state index contributed by atoms with van der Waals surface area (Å²) in [6.45, 7) is 0.711. The zero-order valence-electron chi connectivity index (χ0n) is 15.4. The van der Waals surface area contributed by atoms with Crippen LogP contribution in [0.25, 0.3) is 0 Å². The van der Waals surface area contributed by atoms with Crippen LogP contribution in [0.5, 0.6) is 11.5 Å². The molecule has 1 amide bonds. The number of methoxy groups -OCH3 is 1. The Balaban J connectivity index is 1.89. The Morgan fingerprint density at radius 3 is 2.43 bits per heavy atom. The summed E-state index contributed by atoms with van der Waals surface area (Å²) in [6, 6.07) is 11.9. The molecule has 28 heavy (non-hydrogen) atoms. The summed E-state index contributed by atoms with van der Waals surface area (Å²) in [5, 5.41) is 11.6. The first kappa shape index (κ1) is 19.3. The number of benzene rings is 2. The van der Waals surface area contributed by atoms with Gasteiger partial charge in [0.25, 0.3) is 11.6 Å².